The van der Waals surface area contributed by atoms with Crippen LogP contribution < -0.4 is 4.74 Å². The second kappa shape index (κ2) is 7.02. The van der Waals surface area contributed by atoms with Gasteiger partial charge in [-0.1, -0.05) is 47.2 Å². The van der Waals surface area contributed by atoms with Gasteiger partial charge >= 0.3 is 0 Å². The quantitative estimate of drug-likeness (QED) is 0.673. The number of ether oxygens (including phenoxy) is 1. The maximum absolute atomic E-state index is 12.5. The molecule has 1 fully saturated rings. The first kappa shape index (κ1) is 16.4. The van der Waals surface area contributed by atoms with Crippen LogP contribution in [0.25, 0.3) is 10.2 Å². The van der Waals surface area contributed by atoms with Crippen molar-refractivity contribution in [2.24, 2.45) is 0 Å². The van der Waals surface area contributed by atoms with Gasteiger partial charge in [0.25, 0.3) is 11.1 Å². The number of benzene rings is 2. The van der Waals surface area contributed by atoms with Gasteiger partial charge in [0.05, 0.1) is 9.72 Å². The minimum absolute atomic E-state index is 0.0826. The number of para-hydroxylation sites is 1. The van der Waals surface area contributed by atoms with E-state index in [9.17, 15) is 4.79 Å². The number of amides is 1. The largest absolute Gasteiger partial charge is 0.467 e. The summed E-state index contributed by atoms with van der Waals surface area (Å²) in [5.74, 6) is 0.0887. The van der Waals surface area contributed by atoms with Gasteiger partial charge < -0.3 is 9.64 Å². The Morgan fingerprint density at radius 3 is 2.60 bits per heavy atom. The Balaban J connectivity index is 1.38. The Morgan fingerprint density at radius 1 is 1.12 bits per heavy atom. The lowest BCUT2D eigenvalue weighted by Gasteiger charge is -2.31. The number of fused-ring (bicyclic) bond motifs is 1. The molecule has 1 aliphatic rings. The van der Waals surface area contributed by atoms with Crippen LogP contribution in [0.1, 0.15) is 23.2 Å². The molecular formula is C19H17ClN2O2S. The molecule has 2 aromatic carbocycles. The first-order chi connectivity index (χ1) is 12.2. The molecule has 4 nitrogen and oxygen atoms in total. The van der Waals surface area contributed by atoms with Crippen LogP contribution in [0.15, 0.2) is 48.5 Å². The summed E-state index contributed by atoms with van der Waals surface area (Å²) in [7, 11) is 0. The number of aromatic nitrogens is 1. The van der Waals surface area contributed by atoms with Crippen molar-refractivity contribution in [2.75, 3.05) is 13.1 Å². The lowest BCUT2D eigenvalue weighted by molar-refractivity contribution is 0.0595. The number of thiazole rings is 1. The topological polar surface area (TPSA) is 42.4 Å². The third-order valence-corrected chi connectivity index (χ3v) is 5.58. The normalized spacial score (nSPS) is 15.5. The number of halogens is 1. The van der Waals surface area contributed by atoms with E-state index in [1.54, 1.807) is 0 Å². The molecule has 0 atom stereocenters. The summed E-state index contributed by atoms with van der Waals surface area (Å²) in [6.45, 7) is 1.40. The Labute approximate surface area is 155 Å². The van der Waals surface area contributed by atoms with Crippen molar-refractivity contribution in [3.8, 4) is 5.19 Å². The van der Waals surface area contributed by atoms with Crippen molar-refractivity contribution in [3.63, 3.8) is 0 Å². The first-order valence-corrected chi connectivity index (χ1v) is 9.46. The number of likely N-dealkylation sites (tertiary alicyclic amines) is 1. The van der Waals surface area contributed by atoms with E-state index in [1.165, 1.54) is 11.3 Å². The molecule has 1 saturated heterocycles. The standard InChI is InChI=1S/C19H17ClN2O2S/c20-15-7-4-8-16-17(15)21-19(25-16)24-14-9-11-22(12-10-14)18(23)13-5-2-1-3-6-13/h1-8,14H,9-12H2. The van der Waals surface area contributed by atoms with E-state index in [0.717, 1.165) is 28.6 Å². The van der Waals surface area contributed by atoms with Gasteiger partial charge in [-0.25, -0.2) is 4.98 Å². The van der Waals surface area contributed by atoms with Crippen LogP contribution in [0.5, 0.6) is 5.19 Å². The van der Waals surface area contributed by atoms with Crippen LogP contribution >= 0.6 is 22.9 Å². The summed E-state index contributed by atoms with van der Waals surface area (Å²) in [5, 5.41) is 1.29. The van der Waals surface area contributed by atoms with Crippen LogP contribution in [0.2, 0.25) is 5.02 Å². The second-order valence-corrected chi connectivity index (χ2v) is 7.44. The molecule has 0 N–H and O–H groups in total. The summed E-state index contributed by atoms with van der Waals surface area (Å²) < 4.78 is 7.07. The van der Waals surface area contributed by atoms with E-state index in [1.807, 2.05) is 53.4 Å². The molecule has 2 heterocycles. The highest BCUT2D eigenvalue weighted by Crippen LogP contribution is 2.33. The third-order valence-electron chi connectivity index (χ3n) is 4.37. The monoisotopic (exact) mass is 372 g/mol. The molecule has 1 aromatic heterocycles. The van der Waals surface area contributed by atoms with Crippen LogP contribution in [0, 0.1) is 0 Å². The average molecular weight is 373 g/mol. The molecule has 25 heavy (non-hydrogen) atoms. The molecule has 4 rings (SSSR count). The maximum atomic E-state index is 12.5. The lowest BCUT2D eigenvalue weighted by atomic mass is 10.1. The van der Waals surface area contributed by atoms with Crippen molar-refractivity contribution < 1.29 is 9.53 Å². The summed E-state index contributed by atoms with van der Waals surface area (Å²) in [6.07, 6.45) is 1.70. The van der Waals surface area contributed by atoms with Gasteiger partial charge in [0.2, 0.25) is 0 Å². The first-order valence-electron chi connectivity index (χ1n) is 8.27. The molecule has 6 heteroatoms. The number of hydrogen-bond donors (Lipinski definition) is 0. The van der Waals surface area contributed by atoms with Gasteiger partial charge in [0.1, 0.15) is 11.6 Å². The van der Waals surface area contributed by atoms with E-state index in [0.29, 0.717) is 23.3 Å². The van der Waals surface area contributed by atoms with Crippen LogP contribution in [-0.2, 0) is 0 Å². The molecule has 1 aliphatic heterocycles. The maximum Gasteiger partial charge on any atom is 0.274 e. The fraction of sp³-hybridized carbons (Fsp3) is 0.263. The van der Waals surface area contributed by atoms with Crippen molar-refractivity contribution in [1.29, 1.82) is 0 Å². The van der Waals surface area contributed by atoms with Crippen molar-refractivity contribution in [3.05, 3.63) is 59.1 Å². The Morgan fingerprint density at radius 2 is 1.88 bits per heavy atom. The SMILES string of the molecule is O=C(c1ccccc1)N1CCC(Oc2nc3c(Cl)cccc3s2)CC1. The molecule has 0 radical (unpaired) electrons. The van der Waals surface area contributed by atoms with E-state index >= 15 is 0 Å². The minimum atomic E-state index is 0.0826. The lowest BCUT2D eigenvalue weighted by Crippen LogP contribution is -2.41. The fourth-order valence-corrected chi connectivity index (χ4v) is 4.21. The molecule has 128 valence electrons. The summed E-state index contributed by atoms with van der Waals surface area (Å²) in [6, 6.07) is 15.2. The van der Waals surface area contributed by atoms with E-state index in [4.69, 9.17) is 16.3 Å². The number of carbonyl (C=O) groups is 1. The molecular weight excluding hydrogens is 356 g/mol. The fourth-order valence-electron chi connectivity index (χ4n) is 3.03. The van der Waals surface area contributed by atoms with Crippen LogP contribution in [-0.4, -0.2) is 35.0 Å². The molecule has 0 saturated carbocycles. The third kappa shape index (κ3) is 3.48. The number of nitrogens with zero attached hydrogens (tertiary/aromatic N) is 2. The van der Waals surface area contributed by atoms with Gasteiger partial charge in [-0.05, 0) is 24.3 Å². The Hall–Kier alpha value is -2.11. The van der Waals surface area contributed by atoms with Crippen molar-refractivity contribution in [1.82, 2.24) is 9.88 Å². The molecule has 0 unspecified atom stereocenters. The zero-order chi connectivity index (χ0) is 17.2. The number of hydrogen-bond acceptors (Lipinski definition) is 4. The predicted octanol–water partition coefficient (Wildman–Crippen LogP) is 4.63. The minimum Gasteiger partial charge on any atom is -0.467 e. The number of piperidine rings is 1. The second-order valence-electron chi connectivity index (χ2n) is 6.04. The van der Waals surface area contributed by atoms with Crippen LogP contribution in [0.3, 0.4) is 0 Å². The summed E-state index contributed by atoms with van der Waals surface area (Å²) in [4.78, 5) is 18.9. The molecule has 1 amide bonds. The van der Waals surface area contributed by atoms with Gasteiger partial charge in [0, 0.05) is 31.5 Å². The zero-order valence-electron chi connectivity index (χ0n) is 13.5. The van der Waals surface area contributed by atoms with Gasteiger partial charge in [0.15, 0.2) is 0 Å². The van der Waals surface area contributed by atoms with Crippen LogP contribution in [0.4, 0.5) is 0 Å². The highest BCUT2D eigenvalue weighted by Gasteiger charge is 2.25. The van der Waals surface area contributed by atoms with Gasteiger partial charge in [-0.2, -0.15) is 0 Å². The average Bonchev–Trinajstić information content (AvgIpc) is 3.06. The predicted molar refractivity (Wildman–Crippen MR) is 101 cm³/mol. The van der Waals surface area contributed by atoms with Crippen molar-refractivity contribution >= 4 is 39.1 Å². The van der Waals surface area contributed by atoms with E-state index < -0.39 is 0 Å². The van der Waals surface area contributed by atoms with Crippen molar-refractivity contribution in [2.45, 2.75) is 18.9 Å². The zero-order valence-corrected chi connectivity index (χ0v) is 15.1. The molecule has 0 bridgehead atoms. The smallest absolute Gasteiger partial charge is 0.274 e. The van der Waals surface area contributed by atoms with E-state index in [2.05, 4.69) is 4.98 Å². The van der Waals surface area contributed by atoms with E-state index in [-0.39, 0.29) is 12.0 Å². The highest BCUT2D eigenvalue weighted by atomic mass is 35.5. The summed E-state index contributed by atoms with van der Waals surface area (Å²) in [5.41, 5.74) is 1.53. The molecule has 0 aliphatic carbocycles. The molecule has 0 spiro atoms. The number of carbonyl (C=O) groups excluding carboxylic acids is 1. The number of rotatable bonds is 3. The molecule has 3 aromatic rings. The van der Waals surface area contributed by atoms with Gasteiger partial charge in [-0.15, -0.1) is 0 Å². The summed E-state index contributed by atoms with van der Waals surface area (Å²) >= 11 is 7.68. The Kier molecular flexibility index (Phi) is 4.59. The van der Waals surface area contributed by atoms with Gasteiger partial charge in [-0.3, -0.25) is 4.79 Å². The Bertz CT molecular complexity index is 889. The highest BCUT2D eigenvalue weighted by molar-refractivity contribution is 7.20.